The molecule has 1 spiro atoms. The lowest BCUT2D eigenvalue weighted by atomic mass is 9.49. The number of fused-ring (bicyclic) bond motifs is 4. The van der Waals surface area contributed by atoms with Gasteiger partial charge in [-0.1, -0.05) is 52.8 Å². The van der Waals surface area contributed by atoms with E-state index in [1.165, 1.54) is 6.92 Å². The van der Waals surface area contributed by atoms with Gasteiger partial charge in [-0.25, -0.2) is 4.79 Å². The molecule has 1 unspecified atom stereocenters. The van der Waals surface area contributed by atoms with Crippen LogP contribution in [0.2, 0.25) is 18.1 Å². The fourth-order valence-corrected chi connectivity index (χ4v) is 12.2. The van der Waals surface area contributed by atoms with E-state index in [4.69, 9.17) is 23.4 Å². The Morgan fingerprint density at radius 3 is 2.27 bits per heavy atom. The molecule has 0 radical (unpaired) electrons. The average Bonchev–Trinajstić information content (AvgIpc) is 3.74. The van der Waals surface area contributed by atoms with Crippen molar-refractivity contribution in [1.82, 2.24) is 0 Å². The first-order chi connectivity index (χ1) is 21.2. The molecule has 3 aliphatic carbocycles. The Bertz CT molecular complexity index is 1370. The molecule has 2 heterocycles. The molecule has 6 rings (SSSR count). The molecular formula is C34H48O10Si. The van der Waals surface area contributed by atoms with Crippen LogP contribution in [0.3, 0.4) is 0 Å². The molecule has 5 aliphatic rings. The number of aliphatic hydroxyl groups is 3. The van der Waals surface area contributed by atoms with Crippen molar-refractivity contribution in [2.24, 2.45) is 11.3 Å². The van der Waals surface area contributed by atoms with Gasteiger partial charge in [-0.05, 0) is 48.3 Å². The first kappa shape index (κ1) is 32.8. The van der Waals surface area contributed by atoms with Gasteiger partial charge in [0.1, 0.15) is 35.6 Å². The molecule has 248 valence electrons. The first-order valence-electron chi connectivity index (χ1n) is 16.4. The summed E-state index contributed by atoms with van der Waals surface area (Å²) in [5.74, 6) is -2.19. The molecule has 0 aromatic heterocycles. The summed E-state index contributed by atoms with van der Waals surface area (Å²) in [4.78, 5) is 26.8. The Morgan fingerprint density at radius 2 is 1.71 bits per heavy atom. The maximum atomic E-state index is 13.9. The second-order valence-corrected chi connectivity index (χ2v) is 19.0. The molecule has 10 nitrogen and oxygen atoms in total. The van der Waals surface area contributed by atoms with Crippen molar-refractivity contribution >= 4 is 20.3 Å². The van der Waals surface area contributed by atoms with E-state index >= 15 is 0 Å². The van der Waals surface area contributed by atoms with E-state index in [0.29, 0.717) is 17.6 Å². The number of carbonyl (C=O) groups excluding carboxylic acids is 2. The quantitative estimate of drug-likeness (QED) is 0.166. The zero-order valence-electron chi connectivity index (χ0n) is 27.4. The van der Waals surface area contributed by atoms with Crippen LogP contribution < -0.4 is 0 Å². The SMILES string of the molecule is CC[Si](CC)(CC)O[C@H]1C[C@H]2OC[C@@]2(OC(C)=O)[C@H]2[C@H](OC(=O)c3ccccc3)[C@]3(O)C[C@H](O)C(C)=C([C@@H](O)C4O[C@@]412)C3(C)C. The molecule has 1 aromatic rings. The fourth-order valence-electron chi connectivity index (χ4n) is 9.28. The van der Waals surface area contributed by atoms with Crippen molar-refractivity contribution in [3.05, 3.63) is 47.0 Å². The number of aliphatic hydroxyl groups excluding tert-OH is 2. The normalized spacial score (nSPS) is 41.3. The molecule has 2 saturated heterocycles. The maximum Gasteiger partial charge on any atom is 0.338 e. The molecule has 1 aromatic carbocycles. The number of esters is 2. The summed E-state index contributed by atoms with van der Waals surface area (Å²) < 4.78 is 32.7. The monoisotopic (exact) mass is 644 g/mol. The molecule has 45 heavy (non-hydrogen) atoms. The predicted octanol–water partition coefficient (Wildman–Crippen LogP) is 3.67. The van der Waals surface area contributed by atoms with Crippen LogP contribution in [0.1, 0.15) is 71.7 Å². The van der Waals surface area contributed by atoms with Crippen molar-refractivity contribution < 1.29 is 48.3 Å². The van der Waals surface area contributed by atoms with E-state index in [2.05, 4.69) is 20.8 Å². The molecule has 2 saturated carbocycles. The third-order valence-corrected chi connectivity index (χ3v) is 16.8. The molecule has 11 heteroatoms. The van der Waals surface area contributed by atoms with Crippen molar-refractivity contribution in [2.45, 2.75) is 133 Å². The highest BCUT2D eigenvalue weighted by atomic mass is 28.4. The summed E-state index contributed by atoms with van der Waals surface area (Å²) >= 11 is 0. The number of epoxide rings is 1. The van der Waals surface area contributed by atoms with Crippen LogP contribution in [0.15, 0.2) is 41.5 Å². The molecule has 3 N–H and O–H groups in total. The van der Waals surface area contributed by atoms with E-state index in [1.54, 1.807) is 51.1 Å². The Balaban J connectivity index is 1.61. The molecule has 10 atom stereocenters. The van der Waals surface area contributed by atoms with Crippen LogP contribution in [0, 0.1) is 11.3 Å². The van der Waals surface area contributed by atoms with E-state index in [9.17, 15) is 24.9 Å². The van der Waals surface area contributed by atoms with Gasteiger partial charge in [0.15, 0.2) is 13.9 Å². The second kappa shape index (κ2) is 11.0. The van der Waals surface area contributed by atoms with Crippen molar-refractivity contribution in [2.75, 3.05) is 6.61 Å². The molecular weight excluding hydrogens is 596 g/mol. The summed E-state index contributed by atoms with van der Waals surface area (Å²) in [5, 5.41) is 36.6. The lowest BCUT2D eigenvalue weighted by Gasteiger charge is -2.65. The molecule has 0 amide bonds. The van der Waals surface area contributed by atoms with Crippen LogP contribution in [0.5, 0.6) is 0 Å². The zero-order valence-corrected chi connectivity index (χ0v) is 28.4. The second-order valence-electron chi connectivity index (χ2n) is 14.3. The predicted molar refractivity (Wildman–Crippen MR) is 166 cm³/mol. The van der Waals surface area contributed by atoms with Gasteiger partial charge in [-0.2, -0.15) is 0 Å². The summed E-state index contributed by atoms with van der Waals surface area (Å²) in [7, 11) is -2.29. The number of rotatable bonds is 8. The summed E-state index contributed by atoms with van der Waals surface area (Å²) in [6.07, 6.45) is -5.50. The van der Waals surface area contributed by atoms with Gasteiger partial charge in [-0.15, -0.1) is 0 Å². The minimum Gasteiger partial charge on any atom is -0.455 e. The largest absolute Gasteiger partial charge is 0.455 e. The van der Waals surface area contributed by atoms with Crippen molar-refractivity contribution in [3.8, 4) is 0 Å². The standard InChI is InChI=1S/C34H48O10Si/c1-8-45(9-2,10-3)44-24-16-23-32(18-40-23,42-20(5)35)27-29(41-30(38)21-14-12-11-13-15-21)33(39)17-22(36)19(4)25(31(33,6)7)26(37)28-34(24,27)43-28/h11-15,22-24,26-29,36-37,39H,8-10,16-18H2,1-7H3/t22-,23+,24-,26+,27+,28?,29-,32-,33+,34-/m0/s1. The van der Waals surface area contributed by atoms with Gasteiger partial charge in [0.25, 0.3) is 0 Å². The Hall–Kier alpha value is -2.12. The summed E-state index contributed by atoms with van der Waals surface area (Å²) in [5.41, 5.74) is -4.40. The number of carbonyl (C=O) groups is 2. The van der Waals surface area contributed by atoms with E-state index < -0.39 is 85.0 Å². The lowest BCUT2D eigenvalue weighted by molar-refractivity contribution is -0.335. The topological polar surface area (TPSA) is 144 Å². The molecule has 4 fully saturated rings. The number of hydrogen-bond donors (Lipinski definition) is 3. The van der Waals surface area contributed by atoms with Gasteiger partial charge in [0.2, 0.25) is 0 Å². The number of ether oxygens (including phenoxy) is 4. The van der Waals surface area contributed by atoms with E-state index in [0.717, 1.165) is 18.1 Å². The Kier molecular flexibility index (Phi) is 7.99. The Labute approximate surface area is 266 Å². The number of benzene rings is 1. The van der Waals surface area contributed by atoms with Crippen molar-refractivity contribution in [1.29, 1.82) is 0 Å². The van der Waals surface area contributed by atoms with Gasteiger partial charge in [0, 0.05) is 25.2 Å². The summed E-state index contributed by atoms with van der Waals surface area (Å²) in [6.45, 7) is 13.1. The van der Waals surface area contributed by atoms with Crippen LogP contribution in [0.4, 0.5) is 0 Å². The minimum atomic E-state index is -2.29. The highest BCUT2D eigenvalue weighted by Crippen LogP contribution is 2.69. The van der Waals surface area contributed by atoms with E-state index in [-0.39, 0.29) is 18.6 Å². The number of hydrogen-bond acceptors (Lipinski definition) is 10. The zero-order chi connectivity index (χ0) is 32.7. The fraction of sp³-hybridized carbons (Fsp3) is 0.706. The molecule has 2 bridgehead atoms. The third-order valence-electron chi connectivity index (χ3n) is 12.2. The van der Waals surface area contributed by atoms with Gasteiger partial charge in [0.05, 0.1) is 30.3 Å². The Morgan fingerprint density at radius 1 is 1.07 bits per heavy atom. The summed E-state index contributed by atoms with van der Waals surface area (Å²) in [6, 6.07) is 11.1. The van der Waals surface area contributed by atoms with Crippen LogP contribution in [0.25, 0.3) is 0 Å². The van der Waals surface area contributed by atoms with Crippen LogP contribution in [-0.4, -0.2) is 95.6 Å². The van der Waals surface area contributed by atoms with Gasteiger partial charge in [-0.3, -0.25) is 4.79 Å². The van der Waals surface area contributed by atoms with Gasteiger partial charge < -0.3 is 38.7 Å². The molecule has 2 aliphatic heterocycles. The smallest absolute Gasteiger partial charge is 0.338 e. The minimum absolute atomic E-state index is 0.000632. The van der Waals surface area contributed by atoms with Crippen LogP contribution >= 0.6 is 0 Å². The van der Waals surface area contributed by atoms with E-state index in [1.807, 2.05) is 0 Å². The first-order valence-corrected chi connectivity index (χ1v) is 18.9. The average molecular weight is 645 g/mol. The van der Waals surface area contributed by atoms with Crippen LogP contribution in [-0.2, 0) is 28.2 Å². The van der Waals surface area contributed by atoms with Crippen molar-refractivity contribution in [3.63, 3.8) is 0 Å². The third kappa shape index (κ3) is 4.48. The lowest BCUT2D eigenvalue weighted by Crippen LogP contribution is -2.81. The maximum absolute atomic E-state index is 13.9. The highest BCUT2D eigenvalue weighted by Gasteiger charge is 2.85. The van der Waals surface area contributed by atoms with Gasteiger partial charge >= 0.3 is 11.9 Å². The highest BCUT2D eigenvalue weighted by molar-refractivity contribution is 6.73.